The van der Waals surface area contributed by atoms with Crippen LogP contribution in [0.5, 0.6) is 0 Å². The van der Waals surface area contributed by atoms with E-state index < -0.39 is 23.1 Å². The van der Waals surface area contributed by atoms with Crippen molar-refractivity contribution >= 4 is 11.6 Å². The summed E-state index contributed by atoms with van der Waals surface area (Å²) in [7, 11) is 0. The third-order valence-corrected chi connectivity index (χ3v) is 3.23. The lowest BCUT2D eigenvalue weighted by atomic mass is 10.1. The highest BCUT2D eigenvalue weighted by Crippen LogP contribution is 2.36. The molecule has 1 heterocycles. The van der Waals surface area contributed by atoms with Gasteiger partial charge >= 0.3 is 6.18 Å². The van der Waals surface area contributed by atoms with Gasteiger partial charge in [-0.05, 0) is 32.0 Å². The zero-order valence-electron chi connectivity index (χ0n) is 10.5. The highest BCUT2D eigenvalue weighted by Gasteiger charge is 2.34. The topological polar surface area (TPSA) is 25.8 Å². The molecular weight excluding hydrogens is 296 g/mol. The van der Waals surface area contributed by atoms with E-state index in [0.29, 0.717) is 17.3 Å². The number of rotatable bonds is 1. The number of alkyl halides is 3. The van der Waals surface area contributed by atoms with E-state index in [9.17, 15) is 17.6 Å². The predicted octanol–water partition coefficient (Wildman–Crippen LogP) is 4.57. The summed E-state index contributed by atoms with van der Waals surface area (Å²) in [6, 6.07) is 2.16. The lowest BCUT2D eigenvalue weighted by Gasteiger charge is -2.13. The Kier molecular flexibility index (Phi) is 3.69. The van der Waals surface area contributed by atoms with Crippen LogP contribution in [-0.2, 0) is 6.18 Å². The second kappa shape index (κ2) is 5.01. The number of aromatic nitrogens is 2. The minimum absolute atomic E-state index is 0.0462. The highest BCUT2D eigenvalue weighted by atomic mass is 35.5. The monoisotopic (exact) mass is 304 g/mol. The van der Waals surface area contributed by atoms with Gasteiger partial charge in [0.1, 0.15) is 11.0 Å². The smallest absolute Gasteiger partial charge is 0.233 e. The molecule has 0 fully saturated rings. The van der Waals surface area contributed by atoms with Crippen molar-refractivity contribution in [1.29, 1.82) is 0 Å². The van der Waals surface area contributed by atoms with Gasteiger partial charge in [0.05, 0.1) is 5.56 Å². The van der Waals surface area contributed by atoms with Crippen LogP contribution in [0.2, 0.25) is 5.15 Å². The standard InChI is InChI=1S/C13H9ClF4N2/c1-6-7(2)19-12(20-11(6)14)9-5-8(15)3-4-10(9)13(16,17)18/h3-5H,1-2H3. The summed E-state index contributed by atoms with van der Waals surface area (Å²) in [5.41, 5.74) is -0.418. The normalized spacial score (nSPS) is 11.8. The fourth-order valence-electron chi connectivity index (χ4n) is 1.66. The molecule has 1 aromatic heterocycles. The van der Waals surface area contributed by atoms with Crippen molar-refractivity contribution in [3.63, 3.8) is 0 Å². The molecular formula is C13H9ClF4N2. The molecule has 0 aliphatic rings. The molecule has 0 aliphatic heterocycles. The van der Waals surface area contributed by atoms with Crippen molar-refractivity contribution in [2.75, 3.05) is 0 Å². The van der Waals surface area contributed by atoms with Crippen LogP contribution in [0.15, 0.2) is 18.2 Å². The summed E-state index contributed by atoms with van der Waals surface area (Å²) in [4.78, 5) is 7.76. The molecule has 0 amide bonds. The first kappa shape index (κ1) is 14.7. The molecule has 0 atom stereocenters. The minimum Gasteiger partial charge on any atom is -0.233 e. The fraction of sp³-hybridized carbons (Fsp3) is 0.231. The van der Waals surface area contributed by atoms with E-state index in [4.69, 9.17) is 11.6 Å². The zero-order chi connectivity index (χ0) is 15.1. The summed E-state index contributed by atoms with van der Waals surface area (Å²) in [5, 5.41) is 0.0462. The minimum atomic E-state index is -4.63. The number of benzene rings is 1. The van der Waals surface area contributed by atoms with Crippen LogP contribution in [0.25, 0.3) is 11.4 Å². The molecule has 1 aromatic carbocycles. The molecule has 20 heavy (non-hydrogen) atoms. The lowest BCUT2D eigenvalue weighted by Crippen LogP contribution is -2.09. The number of nitrogens with zero attached hydrogens (tertiary/aromatic N) is 2. The van der Waals surface area contributed by atoms with Gasteiger partial charge in [0.2, 0.25) is 0 Å². The molecule has 7 heteroatoms. The number of hydrogen-bond acceptors (Lipinski definition) is 2. The quantitative estimate of drug-likeness (QED) is 0.569. The van der Waals surface area contributed by atoms with Gasteiger partial charge in [-0.1, -0.05) is 11.6 Å². The Bertz CT molecular complexity index is 645. The molecule has 0 saturated carbocycles. The van der Waals surface area contributed by atoms with Gasteiger partial charge in [-0.3, -0.25) is 0 Å². The summed E-state index contributed by atoms with van der Waals surface area (Å²) >= 11 is 5.85. The summed E-state index contributed by atoms with van der Waals surface area (Å²) < 4.78 is 52.1. The van der Waals surface area contributed by atoms with Gasteiger partial charge in [-0.2, -0.15) is 13.2 Å². The van der Waals surface area contributed by atoms with E-state index in [-0.39, 0.29) is 11.0 Å². The molecule has 0 bridgehead atoms. The number of aryl methyl sites for hydroxylation is 1. The van der Waals surface area contributed by atoms with Crippen molar-refractivity contribution < 1.29 is 17.6 Å². The lowest BCUT2D eigenvalue weighted by molar-refractivity contribution is -0.137. The van der Waals surface area contributed by atoms with Gasteiger partial charge in [0.25, 0.3) is 0 Å². The average Bonchev–Trinajstić information content (AvgIpc) is 2.33. The van der Waals surface area contributed by atoms with Crippen molar-refractivity contribution in [3.05, 3.63) is 46.0 Å². The molecule has 2 rings (SSSR count). The largest absolute Gasteiger partial charge is 0.417 e. The first-order valence-corrected chi connectivity index (χ1v) is 5.96. The van der Waals surface area contributed by atoms with Crippen molar-refractivity contribution in [2.45, 2.75) is 20.0 Å². The van der Waals surface area contributed by atoms with Crippen molar-refractivity contribution in [2.24, 2.45) is 0 Å². The van der Waals surface area contributed by atoms with Gasteiger partial charge in [-0.15, -0.1) is 0 Å². The zero-order valence-corrected chi connectivity index (χ0v) is 11.3. The third-order valence-electron chi connectivity index (χ3n) is 2.86. The van der Waals surface area contributed by atoms with Crippen molar-refractivity contribution in [1.82, 2.24) is 9.97 Å². The Labute approximate surface area is 117 Å². The SMILES string of the molecule is Cc1nc(-c2cc(F)ccc2C(F)(F)F)nc(Cl)c1C. The van der Waals surface area contributed by atoms with Crippen LogP contribution in [0.4, 0.5) is 17.6 Å². The maximum atomic E-state index is 13.2. The third kappa shape index (κ3) is 2.75. The Morgan fingerprint density at radius 2 is 1.75 bits per heavy atom. The molecule has 0 aliphatic carbocycles. The van der Waals surface area contributed by atoms with Crippen LogP contribution < -0.4 is 0 Å². The number of halogens is 5. The molecule has 0 N–H and O–H groups in total. The fourth-order valence-corrected chi connectivity index (χ4v) is 1.88. The van der Waals surface area contributed by atoms with Gasteiger partial charge in [0.15, 0.2) is 5.82 Å². The Hall–Kier alpha value is -1.69. The van der Waals surface area contributed by atoms with Gasteiger partial charge in [0, 0.05) is 16.8 Å². The number of hydrogen-bond donors (Lipinski definition) is 0. The molecule has 2 aromatic rings. The Morgan fingerprint density at radius 1 is 1.10 bits per heavy atom. The Balaban J connectivity index is 2.72. The van der Waals surface area contributed by atoms with Crippen LogP contribution in [0.3, 0.4) is 0 Å². The molecule has 0 saturated heterocycles. The second-order valence-corrected chi connectivity index (χ2v) is 4.59. The predicted molar refractivity (Wildman–Crippen MR) is 66.9 cm³/mol. The summed E-state index contributed by atoms with van der Waals surface area (Å²) in [6.07, 6.45) is -4.63. The van der Waals surface area contributed by atoms with E-state index in [1.807, 2.05) is 0 Å². The molecule has 0 unspecified atom stereocenters. The molecule has 106 valence electrons. The van der Waals surface area contributed by atoms with E-state index in [2.05, 4.69) is 9.97 Å². The highest BCUT2D eigenvalue weighted by molar-refractivity contribution is 6.30. The van der Waals surface area contributed by atoms with E-state index in [0.717, 1.165) is 12.1 Å². The maximum absolute atomic E-state index is 13.2. The van der Waals surface area contributed by atoms with Crippen molar-refractivity contribution in [3.8, 4) is 11.4 Å². The van der Waals surface area contributed by atoms with Gasteiger partial charge < -0.3 is 0 Å². The van der Waals surface area contributed by atoms with Crippen LogP contribution in [-0.4, -0.2) is 9.97 Å². The van der Waals surface area contributed by atoms with Gasteiger partial charge in [-0.25, -0.2) is 14.4 Å². The summed E-state index contributed by atoms with van der Waals surface area (Å²) in [6.45, 7) is 3.25. The molecule has 0 spiro atoms. The van der Waals surface area contributed by atoms with E-state index in [1.165, 1.54) is 0 Å². The summed E-state index contributed by atoms with van der Waals surface area (Å²) in [5.74, 6) is -1.05. The molecule has 0 radical (unpaired) electrons. The van der Waals surface area contributed by atoms with Crippen LogP contribution in [0, 0.1) is 19.7 Å². The maximum Gasteiger partial charge on any atom is 0.417 e. The first-order chi connectivity index (χ1) is 9.20. The first-order valence-electron chi connectivity index (χ1n) is 5.58. The van der Waals surface area contributed by atoms with Crippen LogP contribution in [0.1, 0.15) is 16.8 Å². The average molecular weight is 305 g/mol. The second-order valence-electron chi connectivity index (χ2n) is 4.24. The Morgan fingerprint density at radius 3 is 2.30 bits per heavy atom. The molecule has 2 nitrogen and oxygen atoms in total. The van der Waals surface area contributed by atoms with Crippen LogP contribution >= 0.6 is 11.6 Å². The van der Waals surface area contributed by atoms with E-state index >= 15 is 0 Å². The van der Waals surface area contributed by atoms with E-state index in [1.54, 1.807) is 13.8 Å².